The van der Waals surface area contributed by atoms with E-state index in [1.54, 1.807) is 41.0 Å². The molecule has 33 heteroatoms. The van der Waals surface area contributed by atoms with Gasteiger partial charge in [-0.25, -0.2) is 9.59 Å². The van der Waals surface area contributed by atoms with Crippen molar-refractivity contribution in [2.75, 3.05) is 38.4 Å². The molecule has 0 unspecified atom stereocenters. The second-order valence-corrected chi connectivity index (χ2v) is 12.8. The van der Waals surface area contributed by atoms with E-state index in [-0.39, 0.29) is 123 Å². The van der Waals surface area contributed by atoms with Crippen LogP contribution in [0.4, 0.5) is 4.79 Å². The number of carbonyl (C=O) groups is 12. The van der Waals surface area contributed by atoms with Crippen LogP contribution in [-0.4, -0.2) is 138 Å². The summed E-state index contributed by atoms with van der Waals surface area (Å²) in [5, 5.41) is 30.7. The van der Waals surface area contributed by atoms with Gasteiger partial charge in [0.1, 0.15) is 19.8 Å². The van der Waals surface area contributed by atoms with Crippen molar-refractivity contribution in [1.82, 2.24) is 20.9 Å². The number of likely N-dealkylation sites (tertiary alicyclic amines) is 1. The molecule has 0 spiro atoms. The number of alkyl halides is 1. The van der Waals surface area contributed by atoms with Crippen LogP contribution in [0.3, 0.4) is 0 Å². The van der Waals surface area contributed by atoms with Crippen LogP contribution in [-0.2, 0) is 78.4 Å². The minimum Gasteiger partial charge on any atom is -0.662 e. The Morgan fingerprint density at radius 2 is 1.21 bits per heavy atom. The number of nitrogens with zero attached hydrogens (tertiary/aromatic N) is 1. The molecule has 0 bridgehead atoms. The molecular formula is C47H88ClIN7NaO19S4. The van der Waals surface area contributed by atoms with Gasteiger partial charge < -0.3 is 57.1 Å². The molecule has 4 atom stereocenters. The van der Waals surface area contributed by atoms with Gasteiger partial charge >= 0.3 is 47.6 Å². The van der Waals surface area contributed by atoms with E-state index in [9.17, 15) is 52.7 Å². The largest absolute Gasteiger partial charge is 1.00 e. The maximum Gasteiger partial charge on any atom is 1.00 e. The number of rotatable bonds is 12. The van der Waals surface area contributed by atoms with E-state index in [1.165, 1.54) is 42.9 Å². The minimum absolute atomic E-state index is 0. The van der Waals surface area contributed by atoms with Crippen molar-refractivity contribution in [2.24, 2.45) is 29.0 Å². The van der Waals surface area contributed by atoms with Crippen molar-refractivity contribution in [3.63, 3.8) is 0 Å². The van der Waals surface area contributed by atoms with Gasteiger partial charge in [0.15, 0.2) is 0 Å². The number of aliphatic carboxylic acids is 2. The molecular weight excluding hydrogens is 1280 g/mol. The fraction of sp³-hybridized carbons (Fsp3) is 0.617. The number of alkyl carbamates (subject to hydrolysis) is 1. The molecule has 5 saturated heterocycles. The molecule has 0 saturated carbocycles. The standard InChI is InChI=1S/C13H16N2O5.2C6H9NO2.C5H10N2O3.C5H7NO2.2C4H8O.CH3I.CH2O3.2CH4.ClH.Na.4H2S/c14-11(16)7-6-10(12(17)18)15-13(19)20-8-9-4-2-1-3-5-9;2*1-4-2-3-5(8)7-6(4)9;6-3(5(9)10)1-2-4(7)8;1-6-4(7)2-3-5(6)8;2*1-2-4-5-3-1;1-2;2-1-4-3;;;;;;;;/h1-5,10H,6-8H2,(H2,14,16)(H,15,19)(H,17,18);2*4H,2-3H2,1H3,(H,7,8,9);3H,1-2,6H2,(H2,7,8)(H,9,10);2-3H2,1H3;2*1-4H2;1H3;1,3H;2*1H4;1H;;4*1H2/q;;;;;;;;;;;;+1;;;;/p-1/t10-;2*4-;3-;;;;;;;;;;;;;/m0000............./s1/i6D2,7D2,10D;2*2D2,3D2,4D;1D2,2D2,3D;;;;1D;;;;;;;;;/hD. The van der Waals surface area contributed by atoms with Gasteiger partial charge in [0, 0.05) is 110 Å². The Hall–Kier alpha value is -3.48. The van der Waals surface area contributed by atoms with Crippen molar-refractivity contribution in [2.45, 2.75) is 137 Å². The molecule has 0 radical (unpaired) electrons. The van der Waals surface area contributed by atoms with Crippen LogP contribution in [0.25, 0.3) is 0 Å². The first kappa shape index (κ1) is 57.0. The third-order valence-corrected chi connectivity index (χ3v) is 7.37. The van der Waals surface area contributed by atoms with Gasteiger partial charge in [0.05, 0.1) is 2.74 Å². The van der Waals surface area contributed by atoms with Crippen LogP contribution in [0.5, 0.6) is 0 Å². The first-order chi connectivity index (χ1) is 42.9. The number of piperidine rings is 2. The summed E-state index contributed by atoms with van der Waals surface area (Å²) in [6.07, 6.45) is -21.1. The molecule has 0 aromatic heterocycles. The van der Waals surface area contributed by atoms with E-state index < -0.39 is 128 Å². The Morgan fingerprint density at radius 1 is 0.850 bits per heavy atom. The van der Waals surface area contributed by atoms with Crippen LogP contribution < -0.4 is 68.0 Å². The van der Waals surface area contributed by atoms with Gasteiger partial charge in [-0.1, -0.05) is 81.6 Å². The number of hydrogen-bond acceptors (Lipinski definition) is 18. The van der Waals surface area contributed by atoms with Crippen molar-refractivity contribution in [3.05, 3.63) is 35.9 Å². The van der Waals surface area contributed by atoms with E-state index in [2.05, 4.69) is 22.9 Å². The maximum absolute atomic E-state index is 11.8. The second kappa shape index (κ2) is 66.3. The summed E-state index contributed by atoms with van der Waals surface area (Å²) in [4.78, 5) is 133. The summed E-state index contributed by atoms with van der Waals surface area (Å²) < 4.78 is 172. The van der Waals surface area contributed by atoms with Crippen LogP contribution >= 0.6 is 88.9 Å². The minimum atomic E-state index is -3.70. The molecule has 80 heavy (non-hydrogen) atoms. The van der Waals surface area contributed by atoms with Gasteiger partial charge in [0.25, 0.3) is 6.47 Å². The van der Waals surface area contributed by atoms with Gasteiger partial charge in [-0.05, 0) is 61.6 Å². The van der Waals surface area contributed by atoms with Crippen LogP contribution in [0.2, 0.25) is 0 Å². The van der Waals surface area contributed by atoms with E-state index in [1.807, 2.05) is 22.6 Å². The number of halogens is 2. The molecule has 11 N–H and O–H groups in total. The van der Waals surface area contributed by atoms with Gasteiger partial charge in [-0.2, -0.15) is 54.0 Å². The topological polar surface area (TPSA) is 423 Å². The quantitative estimate of drug-likeness (QED) is 0.0246. The van der Waals surface area contributed by atoms with Gasteiger partial charge in [0.2, 0.25) is 47.3 Å². The van der Waals surface area contributed by atoms with Gasteiger partial charge in [-0.15, -0.1) is 12.3 Å². The van der Waals surface area contributed by atoms with E-state index in [0.717, 1.165) is 40.3 Å². The molecule has 6 rings (SSSR count). The Bertz CT molecular complexity index is 2630. The summed E-state index contributed by atoms with van der Waals surface area (Å²) in [5.74, 6) is -17.6. The molecule has 1 aromatic rings. The summed E-state index contributed by atoms with van der Waals surface area (Å²) >= 11 is 5.84. The fourth-order valence-corrected chi connectivity index (χ4v) is 3.89. The monoisotopic (exact) mass is 1390 g/mol. The smallest absolute Gasteiger partial charge is 0.662 e. The zero-order valence-electron chi connectivity index (χ0n) is 64.2. The molecule has 5 fully saturated rings. The number of primary amides is 2. The molecule has 1 aromatic carbocycles. The average Bonchev–Trinajstić information content (AvgIpc) is 0.770. The number of ether oxygens (including phenoxy) is 3. The summed E-state index contributed by atoms with van der Waals surface area (Å²) in [5.41, 5.74) is 14.7. The summed E-state index contributed by atoms with van der Waals surface area (Å²) in [7, 11) is 1.51. The molecule has 0 aliphatic carbocycles. The van der Waals surface area contributed by atoms with Crippen molar-refractivity contribution in [1.29, 1.82) is 1.17 Å². The Kier molecular flexibility index (Phi) is 47.2. The third-order valence-electron chi connectivity index (χ3n) is 7.37. The number of nitrogens with one attached hydrogen (secondary N) is 3. The Morgan fingerprint density at radius 3 is 1.49 bits per heavy atom. The SMILES string of the molecule is C.C.C1CCOC1.C1CCOC1.CN1C(=O)CCC1=O.O=CO[O-].S.S.S.S.[2H]C([2H])(C(N)=O)C([2H])([2H])[C@]([2H])(N)C(=O)O.[2H]C([2H])(C(N)=O)C([2H])([2H])[C@]([2H])(NC(=O)OCc1ccccc1)C(=O)O.[2H]C1([2H])C(=O)NC(=O)[C@@]([2H])(C)C1([2H])[2H].[2H]C1([2H])C(=O)NC(=O)[C@@]([2H])(C)C1([2H])[2H].[2H]CI.[2H]Cl.[Na+]. The molecule has 5 aliphatic heterocycles. The average molecular weight is 1390 g/mol. The van der Waals surface area contributed by atoms with E-state index in [0.29, 0.717) is 23.3 Å². The summed E-state index contributed by atoms with van der Waals surface area (Å²) in [6, 6.07) is 1.34. The zero-order chi connectivity index (χ0) is 76.2. The first-order valence-corrected chi connectivity index (χ1v) is 21.5. The van der Waals surface area contributed by atoms with Crippen LogP contribution in [0, 0.1) is 11.8 Å². The zero-order valence-corrected chi connectivity index (χ0v) is 51.1. The van der Waals surface area contributed by atoms with Crippen LogP contribution in [0.1, 0.15) is 153 Å². The second-order valence-electron chi connectivity index (χ2n) is 12.8. The maximum atomic E-state index is 11.8. The van der Waals surface area contributed by atoms with E-state index in [4.69, 9.17) is 75.9 Å². The summed E-state index contributed by atoms with van der Waals surface area (Å²) in [6.45, 7) is 5.40. The number of amides is 9. The predicted molar refractivity (Wildman–Crippen MR) is 323 cm³/mol. The fourth-order valence-electron chi connectivity index (χ4n) is 3.89. The number of carboxylic acid groups (broad SMARTS) is 2. The first-order valence-electron chi connectivity index (χ1n) is 31.1. The molecule has 464 valence electrons. The van der Waals surface area contributed by atoms with Crippen molar-refractivity contribution >= 4 is 161 Å². The normalized spacial score (nSPS) is 25.9. The number of nitrogens with two attached hydrogens (primary N) is 3. The van der Waals surface area contributed by atoms with Gasteiger partial charge in [-0.3, -0.25) is 63.5 Å². The molecule has 26 nitrogen and oxygen atoms in total. The number of imide groups is 3. The predicted octanol–water partition coefficient (Wildman–Crippen LogP) is -0.593. The number of carbonyl (C=O) groups excluding carboxylic acids is 10. The molecule has 5 heterocycles. The third kappa shape index (κ3) is 60.6. The Balaban J connectivity index is -0.000000106. The van der Waals surface area contributed by atoms with Crippen LogP contribution in [0.15, 0.2) is 30.3 Å². The van der Waals surface area contributed by atoms with E-state index >= 15 is 0 Å². The number of hydrogen-bond donors (Lipinski definition) is 8. The van der Waals surface area contributed by atoms with Crippen molar-refractivity contribution in [3.8, 4) is 0 Å². The molecule has 9 amide bonds. The Labute approximate surface area is 570 Å². The number of benzene rings is 1. The van der Waals surface area contributed by atoms with Crippen molar-refractivity contribution < 1.29 is 150 Å². The molecule has 5 aliphatic rings. The number of carboxylic acids is 2.